The number of para-hydroxylation sites is 1. The number of rotatable bonds is 6. The van der Waals surface area contributed by atoms with Crippen molar-refractivity contribution in [2.24, 2.45) is 0 Å². The molecule has 0 saturated heterocycles. The average Bonchev–Trinajstić information content (AvgIpc) is 3.16. The second-order valence-electron chi connectivity index (χ2n) is 4.87. The van der Waals surface area contributed by atoms with Crippen molar-refractivity contribution in [3.05, 3.63) is 64.4 Å². The minimum absolute atomic E-state index is 0.841. The van der Waals surface area contributed by atoms with Gasteiger partial charge in [0, 0.05) is 30.4 Å². The van der Waals surface area contributed by atoms with Crippen LogP contribution in [0.5, 0.6) is 0 Å². The highest BCUT2D eigenvalue weighted by atomic mass is 32.1. The molecular formula is C16H18N4S. The highest BCUT2D eigenvalue weighted by molar-refractivity contribution is 7.09. The van der Waals surface area contributed by atoms with E-state index in [0.29, 0.717) is 0 Å². The predicted octanol–water partition coefficient (Wildman–Crippen LogP) is 2.97. The molecule has 0 atom stereocenters. The Morgan fingerprint density at radius 2 is 2.14 bits per heavy atom. The molecule has 0 radical (unpaired) electrons. The first-order valence-corrected chi connectivity index (χ1v) is 7.90. The zero-order valence-corrected chi connectivity index (χ0v) is 12.8. The summed E-state index contributed by atoms with van der Waals surface area (Å²) in [7, 11) is 0. The van der Waals surface area contributed by atoms with E-state index in [1.807, 2.05) is 28.5 Å². The lowest BCUT2D eigenvalue weighted by atomic mass is 10.1. The summed E-state index contributed by atoms with van der Waals surface area (Å²) in [6.45, 7) is 3.86. The molecule has 0 aliphatic carbocycles. The molecule has 0 spiro atoms. The molecule has 0 aliphatic heterocycles. The lowest BCUT2D eigenvalue weighted by Crippen LogP contribution is -2.18. The molecule has 0 aliphatic rings. The van der Waals surface area contributed by atoms with Gasteiger partial charge in [-0.05, 0) is 31.0 Å². The van der Waals surface area contributed by atoms with Gasteiger partial charge in [-0.25, -0.2) is 9.67 Å². The molecule has 0 fully saturated rings. The van der Waals surface area contributed by atoms with E-state index in [9.17, 15) is 0 Å². The summed E-state index contributed by atoms with van der Waals surface area (Å²) in [6.07, 6.45) is 4.80. The van der Waals surface area contributed by atoms with Gasteiger partial charge in [0.15, 0.2) is 0 Å². The topological polar surface area (TPSA) is 42.7 Å². The number of nitrogens with one attached hydrogen (secondary N) is 1. The smallest absolute Gasteiger partial charge is 0.0797 e. The molecule has 0 unspecified atom stereocenters. The average molecular weight is 298 g/mol. The third-order valence-corrected chi connectivity index (χ3v) is 4.43. The molecule has 2 heterocycles. The van der Waals surface area contributed by atoms with Crippen LogP contribution in [0.1, 0.15) is 16.1 Å². The van der Waals surface area contributed by atoms with Gasteiger partial charge in [-0.3, -0.25) is 0 Å². The van der Waals surface area contributed by atoms with E-state index in [2.05, 4.69) is 40.5 Å². The minimum Gasteiger partial charge on any atom is -0.312 e. The molecule has 1 N–H and O–H groups in total. The van der Waals surface area contributed by atoms with Gasteiger partial charge < -0.3 is 5.32 Å². The zero-order valence-electron chi connectivity index (χ0n) is 12.0. The van der Waals surface area contributed by atoms with Crippen molar-refractivity contribution in [3.63, 3.8) is 0 Å². The van der Waals surface area contributed by atoms with Gasteiger partial charge in [-0.1, -0.05) is 18.2 Å². The number of aromatic nitrogens is 3. The van der Waals surface area contributed by atoms with Crippen LogP contribution in [0.2, 0.25) is 0 Å². The first-order valence-electron chi connectivity index (χ1n) is 7.02. The number of hydrogen-bond acceptors (Lipinski definition) is 4. The Balaban J connectivity index is 1.60. The van der Waals surface area contributed by atoms with Gasteiger partial charge >= 0.3 is 0 Å². The number of hydrogen-bond donors (Lipinski definition) is 1. The Morgan fingerprint density at radius 1 is 1.24 bits per heavy atom. The molecule has 0 saturated carbocycles. The summed E-state index contributed by atoms with van der Waals surface area (Å²) < 4.78 is 1.91. The minimum atomic E-state index is 0.841. The molecule has 4 nitrogen and oxygen atoms in total. The van der Waals surface area contributed by atoms with Crippen LogP contribution in [-0.2, 0) is 13.0 Å². The molecule has 1 aromatic carbocycles. The van der Waals surface area contributed by atoms with E-state index >= 15 is 0 Å². The lowest BCUT2D eigenvalue weighted by Gasteiger charge is -2.10. The van der Waals surface area contributed by atoms with Crippen LogP contribution in [0.25, 0.3) is 5.69 Å². The van der Waals surface area contributed by atoms with Crippen LogP contribution in [0.4, 0.5) is 0 Å². The molecule has 3 aromatic rings. The van der Waals surface area contributed by atoms with Gasteiger partial charge in [0.25, 0.3) is 0 Å². The molecule has 0 bridgehead atoms. The van der Waals surface area contributed by atoms with Gasteiger partial charge in [0.1, 0.15) is 0 Å². The fourth-order valence-electron chi connectivity index (χ4n) is 2.29. The van der Waals surface area contributed by atoms with E-state index in [1.165, 1.54) is 10.4 Å². The second kappa shape index (κ2) is 6.65. The normalized spacial score (nSPS) is 10.9. The van der Waals surface area contributed by atoms with Crippen LogP contribution in [-0.4, -0.2) is 21.3 Å². The fourth-order valence-corrected chi connectivity index (χ4v) is 3.07. The highest BCUT2D eigenvalue weighted by Crippen LogP contribution is 2.14. The maximum Gasteiger partial charge on any atom is 0.0797 e. The number of nitrogens with zero attached hydrogens (tertiary/aromatic N) is 3. The molecule has 108 valence electrons. The van der Waals surface area contributed by atoms with E-state index in [-0.39, 0.29) is 0 Å². The second-order valence-corrected chi connectivity index (χ2v) is 5.81. The van der Waals surface area contributed by atoms with Crippen molar-refractivity contribution in [3.8, 4) is 5.69 Å². The Labute approximate surface area is 128 Å². The van der Waals surface area contributed by atoms with Crippen molar-refractivity contribution in [2.75, 3.05) is 6.54 Å². The van der Waals surface area contributed by atoms with Crippen LogP contribution >= 0.6 is 11.3 Å². The third kappa shape index (κ3) is 3.37. The van der Waals surface area contributed by atoms with E-state index in [0.717, 1.165) is 30.9 Å². The van der Waals surface area contributed by atoms with Crippen molar-refractivity contribution in [2.45, 2.75) is 19.9 Å². The van der Waals surface area contributed by atoms with E-state index in [1.54, 1.807) is 17.5 Å². The lowest BCUT2D eigenvalue weighted by molar-refractivity contribution is 0.682. The Hall–Kier alpha value is -1.98. The molecule has 21 heavy (non-hydrogen) atoms. The zero-order chi connectivity index (χ0) is 14.5. The molecule has 0 amide bonds. The maximum absolute atomic E-state index is 4.31. The van der Waals surface area contributed by atoms with E-state index < -0.39 is 0 Å². The van der Waals surface area contributed by atoms with Gasteiger partial charge in [-0.2, -0.15) is 5.10 Å². The molecule has 2 aromatic heterocycles. The summed E-state index contributed by atoms with van der Waals surface area (Å²) in [5.74, 6) is 0. The number of thiazole rings is 1. The number of aryl methyl sites for hydroxylation is 1. The Morgan fingerprint density at radius 3 is 2.90 bits per heavy atom. The van der Waals surface area contributed by atoms with Crippen molar-refractivity contribution < 1.29 is 0 Å². The van der Waals surface area contributed by atoms with Crippen molar-refractivity contribution in [1.29, 1.82) is 0 Å². The standard InChI is InChI=1S/C16H18N4S/c1-13-16(21-12-18-13)7-9-17-11-14-5-2-3-6-15(14)20-10-4-8-19-20/h2-6,8,10,12,17H,7,9,11H2,1H3. The highest BCUT2D eigenvalue weighted by Gasteiger charge is 2.04. The predicted molar refractivity (Wildman–Crippen MR) is 85.8 cm³/mol. The van der Waals surface area contributed by atoms with Gasteiger partial charge in [0.05, 0.1) is 16.9 Å². The monoisotopic (exact) mass is 298 g/mol. The molecular weight excluding hydrogens is 280 g/mol. The summed E-state index contributed by atoms with van der Waals surface area (Å²) in [5.41, 5.74) is 5.45. The van der Waals surface area contributed by atoms with Gasteiger partial charge in [-0.15, -0.1) is 11.3 Å². The Bertz CT molecular complexity index is 688. The molecule has 3 rings (SSSR count). The number of benzene rings is 1. The molecule has 5 heteroatoms. The first-order chi connectivity index (χ1) is 10.3. The van der Waals surface area contributed by atoms with Crippen LogP contribution in [0, 0.1) is 6.92 Å². The van der Waals surface area contributed by atoms with Crippen molar-refractivity contribution in [1.82, 2.24) is 20.1 Å². The third-order valence-electron chi connectivity index (χ3n) is 3.43. The quantitative estimate of drug-likeness (QED) is 0.711. The van der Waals surface area contributed by atoms with Gasteiger partial charge in [0.2, 0.25) is 0 Å². The largest absolute Gasteiger partial charge is 0.312 e. The Kier molecular flexibility index (Phi) is 4.43. The summed E-state index contributed by atoms with van der Waals surface area (Å²) in [5, 5.41) is 7.82. The van der Waals surface area contributed by atoms with Crippen LogP contribution in [0.15, 0.2) is 48.2 Å². The fraction of sp³-hybridized carbons (Fsp3) is 0.250. The van der Waals surface area contributed by atoms with Crippen LogP contribution < -0.4 is 5.32 Å². The first kappa shape index (κ1) is 14.0. The summed E-state index contributed by atoms with van der Waals surface area (Å²) in [6, 6.07) is 10.3. The van der Waals surface area contributed by atoms with Crippen LogP contribution in [0.3, 0.4) is 0 Å². The van der Waals surface area contributed by atoms with Crippen molar-refractivity contribution >= 4 is 11.3 Å². The van der Waals surface area contributed by atoms with E-state index in [4.69, 9.17) is 0 Å². The summed E-state index contributed by atoms with van der Waals surface area (Å²) >= 11 is 1.73. The maximum atomic E-state index is 4.31. The SMILES string of the molecule is Cc1ncsc1CCNCc1ccccc1-n1cccn1. The summed E-state index contributed by atoms with van der Waals surface area (Å²) in [4.78, 5) is 5.64.